The number of carbonyl (C=O) groups excluding carboxylic acids is 1. The van der Waals surface area contributed by atoms with E-state index in [-0.39, 0.29) is 10.6 Å². The van der Waals surface area contributed by atoms with Crippen molar-refractivity contribution < 1.29 is 17.4 Å². The summed E-state index contributed by atoms with van der Waals surface area (Å²) >= 11 is 0. The highest BCUT2D eigenvalue weighted by Crippen LogP contribution is 2.21. The highest BCUT2D eigenvalue weighted by molar-refractivity contribution is 7.87. The molecule has 0 spiro atoms. The lowest BCUT2D eigenvalue weighted by Crippen LogP contribution is -2.09. The average Bonchev–Trinajstić information content (AvgIpc) is 2.48. The Morgan fingerprint density at radius 2 is 1.62 bits per heavy atom. The Kier molecular flexibility index (Phi) is 4.19. The van der Waals surface area contributed by atoms with E-state index in [1.54, 1.807) is 12.1 Å². The third-order valence-electron chi connectivity index (χ3n) is 2.53. The Hall–Kier alpha value is -2.87. The van der Waals surface area contributed by atoms with Crippen LogP contribution in [0.3, 0.4) is 0 Å². The molecule has 0 radical (unpaired) electrons. The van der Waals surface area contributed by atoms with Crippen LogP contribution in [0.1, 0.15) is 5.56 Å². The molecule has 0 amide bonds. The lowest BCUT2D eigenvalue weighted by molar-refractivity contribution is 0.486. The summed E-state index contributed by atoms with van der Waals surface area (Å²) < 4.78 is 29.1. The van der Waals surface area contributed by atoms with Crippen molar-refractivity contribution in [1.82, 2.24) is 0 Å². The first-order valence-electron chi connectivity index (χ1n) is 5.74. The van der Waals surface area contributed by atoms with Gasteiger partial charge in [-0.1, -0.05) is 5.92 Å². The van der Waals surface area contributed by atoms with Crippen molar-refractivity contribution in [2.24, 2.45) is 4.99 Å². The van der Waals surface area contributed by atoms with Crippen molar-refractivity contribution in [3.8, 4) is 18.1 Å². The average molecular weight is 299 g/mol. The minimum atomic E-state index is -3.96. The van der Waals surface area contributed by atoms with Crippen molar-refractivity contribution in [2.45, 2.75) is 4.90 Å². The zero-order valence-corrected chi connectivity index (χ0v) is 11.5. The number of hydrogen-bond acceptors (Lipinski definition) is 5. The van der Waals surface area contributed by atoms with Gasteiger partial charge in [-0.3, -0.25) is 0 Å². The van der Waals surface area contributed by atoms with Crippen LogP contribution in [0.25, 0.3) is 0 Å². The quantitative estimate of drug-likeness (QED) is 0.376. The van der Waals surface area contributed by atoms with Gasteiger partial charge in [-0.15, -0.1) is 6.42 Å². The number of benzene rings is 2. The van der Waals surface area contributed by atoms with E-state index in [0.717, 1.165) is 0 Å². The number of rotatable bonds is 4. The summed E-state index contributed by atoms with van der Waals surface area (Å²) in [6, 6.07) is 11.4. The zero-order chi connectivity index (χ0) is 15.3. The Balaban J connectivity index is 2.24. The maximum Gasteiger partial charge on any atom is 0.339 e. The summed E-state index contributed by atoms with van der Waals surface area (Å²) in [4.78, 5) is 13.4. The summed E-state index contributed by atoms with van der Waals surface area (Å²) in [7, 11) is -3.96. The zero-order valence-electron chi connectivity index (χ0n) is 10.7. The van der Waals surface area contributed by atoms with Gasteiger partial charge in [0.15, 0.2) is 0 Å². The van der Waals surface area contributed by atoms with Gasteiger partial charge in [-0.05, 0) is 48.5 Å². The third kappa shape index (κ3) is 3.57. The first-order valence-corrected chi connectivity index (χ1v) is 7.15. The van der Waals surface area contributed by atoms with Crippen LogP contribution in [0.2, 0.25) is 0 Å². The second kappa shape index (κ2) is 6.06. The third-order valence-corrected chi connectivity index (χ3v) is 3.79. The minimum absolute atomic E-state index is 0.0478. The summed E-state index contributed by atoms with van der Waals surface area (Å²) in [6.45, 7) is 0. The summed E-state index contributed by atoms with van der Waals surface area (Å²) in [5.41, 5.74) is 0.929. The molecule has 0 heterocycles. The molecule has 0 unspecified atom stereocenters. The van der Waals surface area contributed by atoms with Gasteiger partial charge in [0, 0.05) is 5.56 Å². The molecule has 21 heavy (non-hydrogen) atoms. The lowest BCUT2D eigenvalue weighted by Gasteiger charge is -2.07. The summed E-state index contributed by atoms with van der Waals surface area (Å²) in [6.07, 6.45) is 6.58. The second-order valence-corrected chi connectivity index (χ2v) is 5.45. The van der Waals surface area contributed by atoms with Gasteiger partial charge in [0.05, 0.1) is 5.69 Å². The number of hydrogen-bond donors (Lipinski definition) is 0. The van der Waals surface area contributed by atoms with E-state index in [1.807, 2.05) is 0 Å². The van der Waals surface area contributed by atoms with Crippen LogP contribution >= 0.6 is 0 Å². The summed E-state index contributed by atoms with van der Waals surface area (Å²) in [5, 5.41) is 0. The molecule has 0 aliphatic carbocycles. The number of terminal acetylenes is 1. The standard InChI is InChI=1S/C15H9NO4S/c1-2-12-3-7-14(8-4-12)20-21(18,19)15-9-5-13(6-10-15)16-11-17/h1,3-10H. The van der Waals surface area contributed by atoms with Crippen LogP contribution in [0.5, 0.6) is 5.75 Å². The fourth-order valence-electron chi connectivity index (χ4n) is 1.52. The van der Waals surface area contributed by atoms with Crippen molar-refractivity contribution in [3.05, 3.63) is 54.1 Å². The molecule has 0 atom stereocenters. The van der Waals surface area contributed by atoms with E-state index < -0.39 is 10.1 Å². The number of isocyanates is 1. The van der Waals surface area contributed by atoms with Crippen LogP contribution in [-0.2, 0) is 14.9 Å². The fourth-order valence-corrected chi connectivity index (χ4v) is 2.45. The molecule has 0 aliphatic rings. The number of aliphatic imine (C=N–C) groups is 1. The van der Waals surface area contributed by atoms with E-state index in [0.29, 0.717) is 11.3 Å². The first kappa shape index (κ1) is 14.5. The highest BCUT2D eigenvalue weighted by atomic mass is 32.2. The number of nitrogens with zero attached hydrogens (tertiary/aromatic N) is 1. The van der Waals surface area contributed by atoms with Gasteiger partial charge in [-0.2, -0.15) is 13.4 Å². The van der Waals surface area contributed by atoms with Gasteiger partial charge < -0.3 is 4.18 Å². The predicted molar refractivity (Wildman–Crippen MR) is 76.4 cm³/mol. The molecule has 2 aromatic rings. The van der Waals surface area contributed by atoms with Crippen molar-refractivity contribution in [2.75, 3.05) is 0 Å². The van der Waals surface area contributed by atoms with E-state index in [1.165, 1.54) is 42.5 Å². The van der Waals surface area contributed by atoms with Crippen LogP contribution < -0.4 is 4.18 Å². The largest absolute Gasteiger partial charge is 0.379 e. The minimum Gasteiger partial charge on any atom is -0.379 e. The maximum atomic E-state index is 12.1. The predicted octanol–water partition coefficient (Wildman–Crippen LogP) is 2.40. The molecular formula is C15H9NO4S. The molecule has 6 heteroatoms. The van der Waals surface area contributed by atoms with E-state index in [4.69, 9.17) is 10.6 Å². The van der Waals surface area contributed by atoms with E-state index in [2.05, 4.69) is 10.9 Å². The highest BCUT2D eigenvalue weighted by Gasteiger charge is 2.16. The molecule has 0 saturated heterocycles. The topological polar surface area (TPSA) is 72.8 Å². The van der Waals surface area contributed by atoms with Gasteiger partial charge in [0.25, 0.3) is 0 Å². The SMILES string of the molecule is C#Cc1ccc(OS(=O)(=O)c2ccc(N=C=O)cc2)cc1. The smallest absolute Gasteiger partial charge is 0.339 e. The monoisotopic (exact) mass is 299 g/mol. The van der Waals surface area contributed by atoms with Gasteiger partial charge in [0.2, 0.25) is 6.08 Å². The molecule has 2 rings (SSSR count). The molecule has 0 fully saturated rings. The molecule has 0 aliphatic heterocycles. The van der Waals surface area contributed by atoms with Crippen LogP contribution in [-0.4, -0.2) is 14.5 Å². The first-order chi connectivity index (χ1) is 10.0. The van der Waals surface area contributed by atoms with Crippen LogP contribution in [0.4, 0.5) is 5.69 Å². The fraction of sp³-hybridized carbons (Fsp3) is 0. The summed E-state index contributed by atoms with van der Waals surface area (Å²) in [5.74, 6) is 2.58. The van der Waals surface area contributed by atoms with Crippen molar-refractivity contribution in [1.29, 1.82) is 0 Å². The van der Waals surface area contributed by atoms with Gasteiger partial charge in [-0.25, -0.2) is 4.79 Å². The maximum absolute atomic E-state index is 12.1. The Labute approximate surface area is 122 Å². The Morgan fingerprint density at radius 3 is 2.14 bits per heavy atom. The molecule has 0 aromatic heterocycles. The van der Waals surface area contributed by atoms with Crippen molar-refractivity contribution in [3.63, 3.8) is 0 Å². The normalized spacial score (nSPS) is 10.2. The van der Waals surface area contributed by atoms with E-state index in [9.17, 15) is 13.2 Å². The molecule has 0 N–H and O–H groups in total. The molecule has 104 valence electrons. The van der Waals surface area contributed by atoms with Gasteiger partial charge in [0.1, 0.15) is 10.6 Å². The second-order valence-electron chi connectivity index (χ2n) is 3.90. The molecular weight excluding hydrogens is 290 g/mol. The molecule has 0 saturated carbocycles. The van der Waals surface area contributed by atoms with Crippen molar-refractivity contribution >= 4 is 21.9 Å². The Morgan fingerprint density at radius 1 is 1.00 bits per heavy atom. The molecule has 2 aromatic carbocycles. The van der Waals surface area contributed by atoms with Crippen LogP contribution in [0.15, 0.2) is 58.4 Å². The Bertz CT molecular complexity index is 825. The van der Waals surface area contributed by atoms with Crippen LogP contribution in [0, 0.1) is 12.3 Å². The van der Waals surface area contributed by atoms with E-state index >= 15 is 0 Å². The molecule has 0 bridgehead atoms. The molecule has 5 nitrogen and oxygen atoms in total. The lowest BCUT2D eigenvalue weighted by atomic mass is 10.2. The van der Waals surface area contributed by atoms with Gasteiger partial charge >= 0.3 is 10.1 Å².